The fourth-order valence-electron chi connectivity index (χ4n) is 2.89. The topological polar surface area (TPSA) is 73.0 Å². The van der Waals surface area contributed by atoms with E-state index in [1.54, 1.807) is 35.1 Å². The SMILES string of the molecule is Cc1cccc(Cn2ccc(NC(=O)c3cc(-c4ccc(Cl)cc4Cl)on3)n2)c1. The molecule has 1 N–H and O–H groups in total. The van der Waals surface area contributed by atoms with Gasteiger partial charge < -0.3 is 9.84 Å². The normalized spacial score (nSPS) is 10.9. The second kappa shape index (κ2) is 8.11. The molecule has 0 saturated carbocycles. The third-order valence-corrected chi connectivity index (χ3v) is 4.80. The van der Waals surface area contributed by atoms with Gasteiger partial charge in [-0.2, -0.15) is 5.10 Å². The first kappa shape index (κ1) is 19.2. The molecule has 4 rings (SSSR count). The molecule has 4 aromatic rings. The molecule has 2 aromatic heterocycles. The van der Waals surface area contributed by atoms with Crippen molar-refractivity contribution in [3.05, 3.63) is 87.7 Å². The van der Waals surface area contributed by atoms with Gasteiger partial charge in [-0.1, -0.05) is 58.2 Å². The first-order valence-corrected chi connectivity index (χ1v) is 9.56. The largest absolute Gasteiger partial charge is 0.355 e. The van der Waals surface area contributed by atoms with Crippen LogP contribution in [-0.2, 0) is 6.54 Å². The van der Waals surface area contributed by atoms with Crippen LogP contribution in [0, 0.1) is 6.92 Å². The first-order valence-electron chi connectivity index (χ1n) is 8.80. The van der Waals surface area contributed by atoms with Gasteiger partial charge in [-0.15, -0.1) is 0 Å². The average molecular weight is 427 g/mol. The molecule has 0 aliphatic carbocycles. The minimum absolute atomic E-state index is 0.124. The molecule has 6 nitrogen and oxygen atoms in total. The molecular weight excluding hydrogens is 411 g/mol. The minimum atomic E-state index is -0.425. The van der Waals surface area contributed by atoms with E-state index >= 15 is 0 Å². The summed E-state index contributed by atoms with van der Waals surface area (Å²) in [4.78, 5) is 12.5. The van der Waals surface area contributed by atoms with Gasteiger partial charge in [0.1, 0.15) is 0 Å². The van der Waals surface area contributed by atoms with Crippen molar-refractivity contribution < 1.29 is 9.32 Å². The lowest BCUT2D eigenvalue weighted by Gasteiger charge is -2.03. The summed E-state index contributed by atoms with van der Waals surface area (Å²) in [5.41, 5.74) is 3.04. The number of benzene rings is 2. The van der Waals surface area contributed by atoms with Gasteiger partial charge in [-0.25, -0.2) is 0 Å². The zero-order valence-electron chi connectivity index (χ0n) is 15.4. The number of hydrogen-bond donors (Lipinski definition) is 1. The molecule has 1 amide bonds. The van der Waals surface area contributed by atoms with E-state index in [1.807, 2.05) is 25.1 Å². The summed E-state index contributed by atoms with van der Waals surface area (Å²) >= 11 is 12.1. The Bertz CT molecular complexity index is 1180. The molecule has 0 radical (unpaired) electrons. The molecule has 2 heterocycles. The van der Waals surface area contributed by atoms with Crippen LogP contribution in [0.25, 0.3) is 11.3 Å². The molecule has 0 fully saturated rings. The number of anilines is 1. The zero-order valence-corrected chi connectivity index (χ0v) is 16.9. The fourth-order valence-corrected chi connectivity index (χ4v) is 3.39. The molecule has 0 saturated heterocycles. The van der Waals surface area contributed by atoms with E-state index in [9.17, 15) is 4.79 Å². The smallest absolute Gasteiger partial charge is 0.279 e. The Hall–Kier alpha value is -3.09. The molecule has 0 bridgehead atoms. The third-order valence-electron chi connectivity index (χ3n) is 4.25. The van der Waals surface area contributed by atoms with Crippen molar-refractivity contribution in [1.82, 2.24) is 14.9 Å². The van der Waals surface area contributed by atoms with E-state index in [1.165, 1.54) is 11.6 Å². The van der Waals surface area contributed by atoms with Crippen LogP contribution < -0.4 is 5.32 Å². The maximum absolute atomic E-state index is 12.5. The van der Waals surface area contributed by atoms with E-state index in [-0.39, 0.29) is 5.69 Å². The molecule has 0 unspecified atom stereocenters. The summed E-state index contributed by atoms with van der Waals surface area (Å²) in [5, 5.41) is 11.8. The first-order chi connectivity index (χ1) is 14.0. The van der Waals surface area contributed by atoms with Crippen molar-refractivity contribution in [3.8, 4) is 11.3 Å². The third kappa shape index (κ3) is 4.50. The van der Waals surface area contributed by atoms with E-state index in [0.717, 1.165) is 5.56 Å². The van der Waals surface area contributed by atoms with Gasteiger partial charge in [0.15, 0.2) is 17.3 Å². The Morgan fingerprint density at radius 2 is 2.00 bits per heavy atom. The van der Waals surface area contributed by atoms with Gasteiger partial charge in [-0.3, -0.25) is 9.48 Å². The second-order valence-corrected chi connectivity index (χ2v) is 7.39. The predicted molar refractivity (Wildman–Crippen MR) is 112 cm³/mol. The van der Waals surface area contributed by atoms with Crippen molar-refractivity contribution >= 4 is 34.9 Å². The molecular formula is C21H16Cl2N4O2. The van der Waals surface area contributed by atoms with Crippen LogP contribution in [0.3, 0.4) is 0 Å². The van der Waals surface area contributed by atoms with Crippen LogP contribution >= 0.6 is 23.2 Å². The number of hydrogen-bond acceptors (Lipinski definition) is 4. The number of halogens is 2. The van der Waals surface area contributed by atoms with Crippen LogP contribution in [0.15, 0.2) is 65.3 Å². The zero-order chi connectivity index (χ0) is 20.4. The van der Waals surface area contributed by atoms with Gasteiger partial charge in [0, 0.05) is 28.9 Å². The Morgan fingerprint density at radius 1 is 1.14 bits per heavy atom. The highest BCUT2D eigenvalue weighted by Gasteiger charge is 2.16. The van der Waals surface area contributed by atoms with Crippen molar-refractivity contribution in [2.75, 3.05) is 5.32 Å². The van der Waals surface area contributed by atoms with Crippen molar-refractivity contribution in [1.29, 1.82) is 0 Å². The lowest BCUT2D eigenvalue weighted by atomic mass is 10.1. The Labute approximate surface area is 177 Å². The van der Waals surface area contributed by atoms with E-state index in [0.29, 0.717) is 33.7 Å². The van der Waals surface area contributed by atoms with Crippen LogP contribution in [0.2, 0.25) is 10.0 Å². The number of amides is 1. The fraction of sp³-hybridized carbons (Fsp3) is 0.0952. The molecule has 2 aromatic carbocycles. The molecule has 146 valence electrons. The van der Waals surface area contributed by atoms with Gasteiger partial charge in [0.2, 0.25) is 0 Å². The molecule has 0 aliphatic heterocycles. The molecule has 0 atom stereocenters. The maximum atomic E-state index is 12.5. The number of carbonyl (C=O) groups is 1. The van der Waals surface area contributed by atoms with Crippen molar-refractivity contribution in [3.63, 3.8) is 0 Å². The van der Waals surface area contributed by atoms with Crippen molar-refractivity contribution in [2.45, 2.75) is 13.5 Å². The number of carbonyl (C=O) groups excluding carboxylic acids is 1. The van der Waals surface area contributed by atoms with E-state index in [2.05, 4.69) is 21.6 Å². The second-order valence-electron chi connectivity index (χ2n) is 6.54. The Morgan fingerprint density at radius 3 is 2.79 bits per heavy atom. The van der Waals surface area contributed by atoms with Gasteiger partial charge in [-0.05, 0) is 30.7 Å². The van der Waals surface area contributed by atoms with Crippen LogP contribution in [0.1, 0.15) is 21.6 Å². The highest BCUT2D eigenvalue weighted by Crippen LogP contribution is 2.30. The molecule has 0 spiro atoms. The quantitative estimate of drug-likeness (QED) is 0.460. The van der Waals surface area contributed by atoms with Gasteiger partial charge in [0.25, 0.3) is 5.91 Å². The number of aryl methyl sites for hydroxylation is 1. The maximum Gasteiger partial charge on any atom is 0.279 e. The van der Waals surface area contributed by atoms with Gasteiger partial charge in [0.05, 0.1) is 11.6 Å². The standard InChI is InChI=1S/C21H16Cl2N4O2/c1-13-3-2-4-14(9-13)12-27-8-7-20(25-27)24-21(28)18-11-19(29-26-18)16-6-5-15(22)10-17(16)23/h2-11H,12H2,1H3,(H,24,25,28). The Kier molecular flexibility index (Phi) is 5.38. The van der Waals surface area contributed by atoms with E-state index in [4.69, 9.17) is 27.7 Å². The summed E-state index contributed by atoms with van der Waals surface area (Å²) in [6, 6.07) is 16.4. The predicted octanol–water partition coefficient (Wildman–Crippen LogP) is 5.45. The summed E-state index contributed by atoms with van der Waals surface area (Å²) in [7, 11) is 0. The summed E-state index contributed by atoms with van der Waals surface area (Å²) < 4.78 is 7.02. The minimum Gasteiger partial charge on any atom is -0.355 e. The number of nitrogens with one attached hydrogen (secondary N) is 1. The summed E-state index contributed by atoms with van der Waals surface area (Å²) in [5.74, 6) is 0.379. The monoisotopic (exact) mass is 426 g/mol. The number of rotatable bonds is 5. The van der Waals surface area contributed by atoms with Crippen LogP contribution in [0.5, 0.6) is 0 Å². The lowest BCUT2D eigenvalue weighted by Crippen LogP contribution is -2.13. The highest BCUT2D eigenvalue weighted by atomic mass is 35.5. The molecule has 0 aliphatic rings. The number of aromatic nitrogens is 3. The highest BCUT2D eigenvalue weighted by molar-refractivity contribution is 6.36. The number of nitrogens with zero attached hydrogens (tertiary/aromatic N) is 3. The van der Waals surface area contributed by atoms with Crippen molar-refractivity contribution in [2.24, 2.45) is 0 Å². The van der Waals surface area contributed by atoms with Crippen LogP contribution in [0.4, 0.5) is 5.82 Å². The Balaban J connectivity index is 1.45. The van der Waals surface area contributed by atoms with Gasteiger partial charge >= 0.3 is 0 Å². The lowest BCUT2D eigenvalue weighted by molar-refractivity contribution is 0.101. The van der Waals surface area contributed by atoms with E-state index < -0.39 is 5.91 Å². The summed E-state index contributed by atoms with van der Waals surface area (Å²) in [6.45, 7) is 2.66. The molecule has 29 heavy (non-hydrogen) atoms. The molecule has 8 heteroatoms. The van der Waals surface area contributed by atoms with Crippen LogP contribution in [-0.4, -0.2) is 20.8 Å². The average Bonchev–Trinajstić information content (AvgIpc) is 3.32. The summed E-state index contributed by atoms with van der Waals surface area (Å²) in [6.07, 6.45) is 1.81.